The van der Waals surface area contributed by atoms with Crippen molar-refractivity contribution < 1.29 is 19.4 Å². The third-order valence-corrected chi connectivity index (χ3v) is 5.12. The van der Waals surface area contributed by atoms with Crippen molar-refractivity contribution in [2.45, 2.75) is 45.1 Å². The SMILES string of the molecule is CCn1cc(Cn2cc(NC(=O)[C@@H]3[C@@H](C(=O)O)[C@@H]4CC[C@@H]3O4)cn2)cn1. The number of carboxylic acids is 1. The molecule has 0 aliphatic carbocycles. The number of anilines is 1. The third kappa shape index (κ3) is 2.98. The Kier molecular flexibility index (Phi) is 4.23. The van der Waals surface area contributed by atoms with Gasteiger partial charge in [-0.2, -0.15) is 10.2 Å². The van der Waals surface area contributed by atoms with Gasteiger partial charge in [-0.25, -0.2) is 0 Å². The van der Waals surface area contributed by atoms with E-state index in [-0.39, 0.29) is 18.1 Å². The van der Waals surface area contributed by atoms with Gasteiger partial charge in [0, 0.05) is 24.5 Å². The molecule has 0 radical (unpaired) electrons. The molecule has 138 valence electrons. The first-order valence-electron chi connectivity index (χ1n) is 8.78. The number of carboxylic acid groups (broad SMARTS) is 1. The predicted octanol–water partition coefficient (Wildman–Crippen LogP) is 0.964. The molecule has 0 saturated carbocycles. The average Bonchev–Trinajstić information content (AvgIpc) is 3.38. The van der Waals surface area contributed by atoms with Crippen LogP contribution in [0, 0.1) is 11.8 Å². The Bertz CT molecular complexity index is 829. The van der Waals surface area contributed by atoms with Gasteiger partial charge >= 0.3 is 5.97 Å². The summed E-state index contributed by atoms with van der Waals surface area (Å²) >= 11 is 0. The molecule has 0 spiro atoms. The topological polar surface area (TPSA) is 111 Å². The lowest BCUT2D eigenvalue weighted by Gasteiger charge is -2.23. The molecule has 2 aromatic heterocycles. The molecule has 9 nitrogen and oxygen atoms in total. The maximum Gasteiger partial charge on any atom is 0.310 e. The van der Waals surface area contributed by atoms with Crippen molar-refractivity contribution in [1.82, 2.24) is 19.6 Å². The second-order valence-corrected chi connectivity index (χ2v) is 6.80. The minimum atomic E-state index is -0.971. The fourth-order valence-electron chi connectivity index (χ4n) is 3.91. The Morgan fingerprint density at radius 2 is 1.92 bits per heavy atom. The summed E-state index contributed by atoms with van der Waals surface area (Å²) < 4.78 is 9.19. The molecule has 9 heteroatoms. The minimum absolute atomic E-state index is 0.309. The lowest BCUT2D eigenvalue weighted by molar-refractivity contribution is -0.147. The van der Waals surface area contributed by atoms with Gasteiger partial charge in [0.15, 0.2) is 0 Å². The van der Waals surface area contributed by atoms with E-state index in [1.54, 1.807) is 23.3 Å². The Morgan fingerprint density at radius 1 is 1.19 bits per heavy atom. The Labute approximate surface area is 149 Å². The molecule has 2 saturated heterocycles. The molecule has 4 atom stereocenters. The van der Waals surface area contributed by atoms with Crippen molar-refractivity contribution in [2.24, 2.45) is 11.8 Å². The number of hydrogen-bond acceptors (Lipinski definition) is 5. The number of carbonyl (C=O) groups excluding carboxylic acids is 1. The summed E-state index contributed by atoms with van der Waals surface area (Å²) in [4.78, 5) is 24.1. The molecule has 2 N–H and O–H groups in total. The highest BCUT2D eigenvalue weighted by atomic mass is 16.5. The predicted molar refractivity (Wildman–Crippen MR) is 90.4 cm³/mol. The van der Waals surface area contributed by atoms with Crippen LogP contribution in [0.15, 0.2) is 24.8 Å². The molecule has 0 unspecified atom stereocenters. The van der Waals surface area contributed by atoms with E-state index < -0.39 is 17.8 Å². The number of rotatable bonds is 6. The average molecular weight is 359 g/mol. The standard InChI is InChI=1S/C17H21N5O4/c1-2-21-7-10(5-18-21)8-22-9-11(6-19-22)20-16(23)14-12-3-4-13(26-12)15(14)17(24)25/h5-7,9,12-15H,2-4,8H2,1H3,(H,20,23)(H,24,25)/t12-,13-,14-,15-/m0/s1. The highest BCUT2D eigenvalue weighted by molar-refractivity contribution is 5.96. The van der Waals surface area contributed by atoms with Crippen LogP contribution >= 0.6 is 0 Å². The molecular weight excluding hydrogens is 338 g/mol. The largest absolute Gasteiger partial charge is 0.481 e. The number of nitrogens with one attached hydrogen (secondary N) is 1. The maximum atomic E-state index is 12.6. The van der Waals surface area contributed by atoms with E-state index in [1.807, 2.05) is 17.8 Å². The number of nitrogens with zero attached hydrogens (tertiary/aromatic N) is 4. The van der Waals surface area contributed by atoms with Gasteiger partial charge in [0.05, 0.1) is 48.7 Å². The van der Waals surface area contributed by atoms with Crippen molar-refractivity contribution in [2.75, 3.05) is 5.32 Å². The number of carbonyl (C=O) groups is 2. The molecule has 2 aliphatic rings. The summed E-state index contributed by atoms with van der Waals surface area (Å²) in [6.07, 6.45) is 7.79. The quantitative estimate of drug-likeness (QED) is 0.795. The number of fused-ring (bicyclic) bond motifs is 2. The van der Waals surface area contributed by atoms with Crippen LogP contribution in [0.25, 0.3) is 0 Å². The number of hydrogen-bond donors (Lipinski definition) is 2. The van der Waals surface area contributed by atoms with E-state index in [2.05, 4.69) is 15.5 Å². The zero-order valence-corrected chi connectivity index (χ0v) is 14.4. The number of aromatic nitrogens is 4. The number of amides is 1. The van der Waals surface area contributed by atoms with Crippen LogP contribution in [-0.4, -0.2) is 48.8 Å². The summed E-state index contributed by atoms with van der Waals surface area (Å²) in [6, 6.07) is 0. The van der Waals surface area contributed by atoms with Crippen molar-refractivity contribution in [3.8, 4) is 0 Å². The van der Waals surface area contributed by atoms with E-state index in [4.69, 9.17) is 4.74 Å². The lowest BCUT2D eigenvalue weighted by atomic mass is 9.78. The van der Waals surface area contributed by atoms with Crippen molar-refractivity contribution in [3.63, 3.8) is 0 Å². The Balaban J connectivity index is 1.42. The van der Waals surface area contributed by atoms with Gasteiger partial charge in [0.2, 0.25) is 5.91 Å². The van der Waals surface area contributed by atoms with Crippen LogP contribution in [-0.2, 0) is 27.4 Å². The molecule has 2 aliphatic heterocycles. The summed E-state index contributed by atoms with van der Waals surface area (Å²) in [7, 11) is 0. The Morgan fingerprint density at radius 3 is 2.62 bits per heavy atom. The van der Waals surface area contributed by atoms with Gasteiger partial charge in [0.1, 0.15) is 0 Å². The third-order valence-electron chi connectivity index (χ3n) is 5.12. The normalized spacial score (nSPS) is 27.0. The van der Waals surface area contributed by atoms with Crippen LogP contribution in [0.4, 0.5) is 5.69 Å². The fraction of sp³-hybridized carbons (Fsp3) is 0.529. The highest BCUT2D eigenvalue weighted by Gasteiger charge is 2.55. The maximum absolute atomic E-state index is 12.6. The first kappa shape index (κ1) is 16.8. The summed E-state index contributed by atoms with van der Waals surface area (Å²) in [5, 5.41) is 20.7. The minimum Gasteiger partial charge on any atom is -0.481 e. The molecule has 2 aromatic rings. The second kappa shape index (κ2) is 6.56. The van der Waals surface area contributed by atoms with Crippen LogP contribution in [0.2, 0.25) is 0 Å². The van der Waals surface area contributed by atoms with Crippen LogP contribution < -0.4 is 5.32 Å². The molecule has 0 aromatic carbocycles. The molecular formula is C17H21N5O4. The Hall–Kier alpha value is -2.68. The van der Waals surface area contributed by atoms with Crippen molar-refractivity contribution in [3.05, 3.63) is 30.4 Å². The highest BCUT2D eigenvalue weighted by Crippen LogP contribution is 2.44. The van der Waals surface area contributed by atoms with Gasteiger partial charge in [-0.05, 0) is 19.8 Å². The fourth-order valence-corrected chi connectivity index (χ4v) is 3.91. The second-order valence-electron chi connectivity index (χ2n) is 6.80. The molecule has 26 heavy (non-hydrogen) atoms. The molecule has 2 bridgehead atoms. The first-order chi connectivity index (χ1) is 12.5. The van der Waals surface area contributed by atoms with Crippen LogP contribution in [0.1, 0.15) is 25.3 Å². The van der Waals surface area contributed by atoms with E-state index in [0.29, 0.717) is 18.7 Å². The monoisotopic (exact) mass is 359 g/mol. The zero-order valence-electron chi connectivity index (χ0n) is 14.4. The molecule has 4 rings (SSSR count). The van der Waals surface area contributed by atoms with E-state index in [1.165, 1.54) is 0 Å². The van der Waals surface area contributed by atoms with E-state index in [9.17, 15) is 14.7 Å². The zero-order chi connectivity index (χ0) is 18.3. The molecule has 4 heterocycles. The van der Waals surface area contributed by atoms with Crippen LogP contribution in [0.5, 0.6) is 0 Å². The van der Waals surface area contributed by atoms with Crippen molar-refractivity contribution >= 4 is 17.6 Å². The molecule has 2 fully saturated rings. The number of aryl methyl sites for hydroxylation is 1. The van der Waals surface area contributed by atoms with E-state index >= 15 is 0 Å². The summed E-state index contributed by atoms with van der Waals surface area (Å²) in [5.74, 6) is -2.72. The van der Waals surface area contributed by atoms with Gasteiger partial charge in [-0.15, -0.1) is 0 Å². The van der Waals surface area contributed by atoms with Gasteiger partial charge in [-0.3, -0.25) is 19.0 Å². The summed E-state index contributed by atoms with van der Waals surface area (Å²) in [5.41, 5.74) is 1.56. The summed E-state index contributed by atoms with van der Waals surface area (Å²) in [6.45, 7) is 3.36. The lowest BCUT2D eigenvalue weighted by Crippen LogP contribution is -2.40. The van der Waals surface area contributed by atoms with E-state index in [0.717, 1.165) is 18.5 Å². The van der Waals surface area contributed by atoms with Crippen molar-refractivity contribution in [1.29, 1.82) is 0 Å². The smallest absolute Gasteiger partial charge is 0.310 e. The molecule has 1 amide bonds. The van der Waals surface area contributed by atoms with Gasteiger partial charge < -0.3 is 15.2 Å². The van der Waals surface area contributed by atoms with Gasteiger partial charge in [-0.1, -0.05) is 0 Å². The van der Waals surface area contributed by atoms with Crippen LogP contribution in [0.3, 0.4) is 0 Å². The first-order valence-corrected chi connectivity index (χ1v) is 8.78. The number of aliphatic carboxylic acids is 1. The number of ether oxygens (including phenoxy) is 1. The van der Waals surface area contributed by atoms with Gasteiger partial charge in [0.25, 0.3) is 0 Å².